The van der Waals surface area contributed by atoms with Gasteiger partial charge in [-0.25, -0.2) is 4.39 Å². The number of hydrogen-bond donors (Lipinski definition) is 2. The molecule has 0 radical (unpaired) electrons. The number of amides is 1. The Kier molecular flexibility index (Phi) is 4.71. The molecule has 0 heterocycles. The molecule has 1 atom stereocenters. The first-order valence-corrected chi connectivity index (χ1v) is 5.35. The average molecular weight is 245 g/mol. The number of nitrogens with two attached hydrogens (primary N) is 1. The quantitative estimate of drug-likeness (QED) is 0.833. The van der Waals surface area contributed by atoms with E-state index in [2.05, 4.69) is 5.32 Å². The van der Waals surface area contributed by atoms with Crippen LogP contribution in [-0.2, 0) is 4.79 Å². The first-order chi connectivity index (χ1) is 7.50. The molecule has 88 valence electrons. The Morgan fingerprint density at radius 2 is 2.31 bits per heavy atom. The summed E-state index contributed by atoms with van der Waals surface area (Å²) in [6.45, 7) is 2.37. The molecule has 1 unspecified atom stereocenters. The highest BCUT2D eigenvalue weighted by Gasteiger charge is 2.09. The van der Waals surface area contributed by atoms with Gasteiger partial charge in [0.15, 0.2) is 0 Å². The Hall–Kier alpha value is -1.13. The van der Waals surface area contributed by atoms with Crippen LogP contribution < -0.4 is 11.1 Å². The van der Waals surface area contributed by atoms with E-state index in [1.807, 2.05) is 6.92 Å². The molecule has 0 aliphatic rings. The molecule has 1 aromatic carbocycles. The topological polar surface area (TPSA) is 55.1 Å². The van der Waals surface area contributed by atoms with E-state index in [4.69, 9.17) is 17.3 Å². The predicted molar refractivity (Wildman–Crippen MR) is 61.6 cm³/mol. The van der Waals surface area contributed by atoms with Crippen LogP contribution in [-0.4, -0.2) is 12.5 Å². The van der Waals surface area contributed by atoms with Gasteiger partial charge >= 0.3 is 0 Å². The van der Waals surface area contributed by atoms with E-state index in [-0.39, 0.29) is 24.2 Å². The van der Waals surface area contributed by atoms with Crippen molar-refractivity contribution in [1.29, 1.82) is 0 Å². The van der Waals surface area contributed by atoms with Gasteiger partial charge in [0.25, 0.3) is 0 Å². The summed E-state index contributed by atoms with van der Waals surface area (Å²) in [5.74, 6) is -0.719. The van der Waals surface area contributed by atoms with Gasteiger partial charge in [0.05, 0.1) is 0 Å². The number of carbonyl (C=O) groups is 1. The Balaban J connectivity index is 2.58. The van der Waals surface area contributed by atoms with Crippen molar-refractivity contribution in [2.45, 2.75) is 19.4 Å². The van der Waals surface area contributed by atoms with Crippen molar-refractivity contribution in [2.24, 2.45) is 5.73 Å². The summed E-state index contributed by atoms with van der Waals surface area (Å²) in [5, 5.41) is 3.46. The fourth-order valence-electron chi connectivity index (χ4n) is 1.37. The summed E-state index contributed by atoms with van der Waals surface area (Å²) in [6.07, 6.45) is 0.267. The molecule has 0 saturated carbocycles. The molecule has 1 aromatic rings. The Morgan fingerprint density at radius 1 is 1.62 bits per heavy atom. The van der Waals surface area contributed by atoms with E-state index >= 15 is 0 Å². The zero-order valence-electron chi connectivity index (χ0n) is 8.97. The van der Waals surface area contributed by atoms with Gasteiger partial charge in [-0.3, -0.25) is 4.79 Å². The first kappa shape index (κ1) is 12.9. The lowest BCUT2D eigenvalue weighted by Crippen LogP contribution is -2.24. The minimum absolute atomic E-state index is 0.0487. The molecule has 0 fully saturated rings. The maximum atomic E-state index is 12.8. The van der Waals surface area contributed by atoms with Crippen molar-refractivity contribution >= 4 is 17.5 Å². The summed E-state index contributed by atoms with van der Waals surface area (Å²) >= 11 is 5.89. The summed E-state index contributed by atoms with van der Waals surface area (Å²) in [4.78, 5) is 10.5. The van der Waals surface area contributed by atoms with Crippen LogP contribution >= 0.6 is 11.6 Å². The van der Waals surface area contributed by atoms with Gasteiger partial charge in [0.1, 0.15) is 5.82 Å². The van der Waals surface area contributed by atoms with Crippen LogP contribution in [0.4, 0.5) is 4.39 Å². The van der Waals surface area contributed by atoms with E-state index in [0.717, 1.165) is 5.56 Å². The molecule has 3 nitrogen and oxygen atoms in total. The average Bonchev–Trinajstić information content (AvgIpc) is 2.16. The van der Waals surface area contributed by atoms with Crippen LogP contribution in [0.2, 0.25) is 5.02 Å². The number of halogens is 2. The van der Waals surface area contributed by atoms with Crippen molar-refractivity contribution < 1.29 is 9.18 Å². The zero-order valence-corrected chi connectivity index (χ0v) is 9.72. The molecule has 0 aromatic heterocycles. The molecule has 5 heteroatoms. The van der Waals surface area contributed by atoms with Gasteiger partial charge in [-0.05, 0) is 24.6 Å². The summed E-state index contributed by atoms with van der Waals surface area (Å²) in [7, 11) is 0. The third-order valence-corrected chi connectivity index (χ3v) is 2.58. The van der Waals surface area contributed by atoms with Gasteiger partial charge in [-0.1, -0.05) is 17.7 Å². The number of primary amides is 1. The highest BCUT2D eigenvalue weighted by molar-refractivity contribution is 6.31. The minimum Gasteiger partial charge on any atom is -0.370 e. The Morgan fingerprint density at radius 3 is 2.88 bits per heavy atom. The minimum atomic E-state index is -0.363. The predicted octanol–water partition coefficient (Wildman–Crippen LogP) is 2.01. The molecule has 0 saturated heterocycles. The summed E-state index contributed by atoms with van der Waals surface area (Å²) in [6, 6.07) is 4.20. The third-order valence-electron chi connectivity index (χ3n) is 2.25. The molecule has 0 aliphatic heterocycles. The van der Waals surface area contributed by atoms with Gasteiger partial charge in [0, 0.05) is 24.0 Å². The monoisotopic (exact) mass is 244 g/mol. The molecule has 0 bridgehead atoms. The molecule has 1 amide bonds. The molecule has 3 N–H and O–H groups in total. The second kappa shape index (κ2) is 5.82. The molecule has 16 heavy (non-hydrogen) atoms. The van der Waals surface area contributed by atoms with Crippen LogP contribution in [0.3, 0.4) is 0 Å². The van der Waals surface area contributed by atoms with E-state index in [9.17, 15) is 9.18 Å². The SMILES string of the molecule is CC(NCCC(N)=O)c1ccc(F)cc1Cl. The normalized spacial score (nSPS) is 12.4. The second-order valence-corrected chi connectivity index (χ2v) is 3.97. The zero-order chi connectivity index (χ0) is 12.1. The van der Waals surface area contributed by atoms with Crippen molar-refractivity contribution in [3.05, 3.63) is 34.6 Å². The highest BCUT2D eigenvalue weighted by atomic mass is 35.5. The van der Waals surface area contributed by atoms with Crippen LogP contribution in [0.5, 0.6) is 0 Å². The van der Waals surface area contributed by atoms with Gasteiger partial charge < -0.3 is 11.1 Å². The van der Waals surface area contributed by atoms with Gasteiger partial charge in [0.2, 0.25) is 5.91 Å². The van der Waals surface area contributed by atoms with Crippen molar-refractivity contribution in [3.8, 4) is 0 Å². The standard InChI is InChI=1S/C11H14ClFN2O/c1-7(15-5-4-11(14)16)9-3-2-8(13)6-10(9)12/h2-3,6-7,15H,4-5H2,1H3,(H2,14,16). The fraction of sp³-hybridized carbons (Fsp3) is 0.364. The number of benzene rings is 1. The lowest BCUT2D eigenvalue weighted by Gasteiger charge is -2.15. The molecular weight excluding hydrogens is 231 g/mol. The first-order valence-electron chi connectivity index (χ1n) is 4.97. The molecule has 0 spiro atoms. The molecular formula is C11H14ClFN2O. The lowest BCUT2D eigenvalue weighted by atomic mass is 10.1. The number of nitrogens with one attached hydrogen (secondary N) is 1. The van der Waals surface area contributed by atoms with Crippen LogP contribution in [0.15, 0.2) is 18.2 Å². The van der Waals surface area contributed by atoms with Gasteiger partial charge in [-0.15, -0.1) is 0 Å². The van der Waals surface area contributed by atoms with Crippen LogP contribution in [0.1, 0.15) is 24.9 Å². The largest absolute Gasteiger partial charge is 0.370 e. The third kappa shape index (κ3) is 3.79. The van der Waals surface area contributed by atoms with Gasteiger partial charge in [-0.2, -0.15) is 0 Å². The maximum Gasteiger partial charge on any atom is 0.218 e. The van der Waals surface area contributed by atoms with Crippen molar-refractivity contribution in [3.63, 3.8) is 0 Å². The summed E-state index contributed by atoms with van der Waals surface area (Å²) in [5.41, 5.74) is 5.81. The van der Waals surface area contributed by atoms with Crippen LogP contribution in [0.25, 0.3) is 0 Å². The Labute approximate surface area is 98.8 Å². The lowest BCUT2D eigenvalue weighted by molar-refractivity contribution is -0.117. The second-order valence-electron chi connectivity index (χ2n) is 3.56. The smallest absolute Gasteiger partial charge is 0.218 e. The van der Waals surface area contributed by atoms with E-state index in [1.165, 1.54) is 12.1 Å². The van der Waals surface area contributed by atoms with Crippen LogP contribution in [0, 0.1) is 5.82 Å². The molecule has 1 rings (SSSR count). The fourth-order valence-corrected chi connectivity index (χ4v) is 1.71. The highest BCUT2D eigenvalue weighted by Crippen LogP contribution is 2.23. The number of hydrogen-bond acceptors (Lipinski definition) is 2. The van der Waals surface area contributed by atoms with Crippen molar-refractivity contribution in [2.75, 3.05) is 6.54 Å². The van der Waals surface area contributed by atoms with E-state index < -0.39 is 0 Å². The number of rotatable bonds is 5. The van der Waals surface area contributed by atoms with Crippen molar-refractivity contribution in [1.82, 2.24) is 5.32 Å². The number of carbonyl (C=O) groups excluding carboxylic acids is 1. The maximum absolute atomic E-state index is 12.8. The molecule has 0 aliphatic carbocycles. The van der Waals surface area contributed by atoms with E-state index in [0.29, 0.717) is 11.6 Å². The Bertz CT molecular complexity index is 384. The van der Waals surface area contributed by atoms with E-state index in [1.54, 1.807) is 6.07 Å². The summed E-state index contributed by atoms with van der Waals surface area (Å²) < 4.78 is 12.8.